The van der Waals surface area contributed by atoms with E-state index in [1.807, 2.05) is 30.3 Å². The zero-order chi connectivity index (χ0) is 15.2. The van der Waals surface area contributed by atoms with Crippen LogP contribution < -0.4 is 5.32 Å². The Morgan fingerprint density at radius 1 is 1.19 bits per heavy atom. The van der Waals surface area contributed by atoms with Gasteiger partial charge in [0.25, 0.3) is 5.91 Å². The Balaban J connectivity index is 2.16. The van der Waals surface area contributed by atoms with Gasteiger partial charge >= 0.3 is 0 Å². The smallest absolute Gasteiger partial charge is 0.251 e. The number of carbonyl (C=O) groups excluding carboxylic acids is 1. The van der Waals surface area contributed by atoms with Crippen molar-refractivity contribution in [1.29, 1.82) is 0 Å². The SMILES string of the molecule is Cc1ccc(C(=O)NC(CCO)c2ccccc2)cc1O. The van der Waals surface area contributed by atoms with Crippen LogP contribution in [0.2, 0.25) is 0 Å². The average molecular weight is 285 g/mol. The molecule has 0 radical (unpaired) electrons. The second-order valence-electron chi connectivity index (χ2n) is 4.95. The number of amides is 1. The normalized spacial score (nSPS) is 11.9. The molecule has 21 heavy (non-hydrogen) atoms. The quantitative estimate of drug-likeness (QED) is 0.790. The fourth-order valence-corrected chi connectivity index (χ4v) is 2.13. The first-order valence-electron chi connectivity index (χ1n) is 6.88. The lowest BCUT2D eigenvalue weighted by molar-refractivity contribution is 0.0929. The molecule has 2 rings (SSSR count). The second kappa shape index (κ2) is 6.90. The van der Waals surface area contributed by atoms with Gasteiger partial charge < -0.3 is 15.5 Å². The first-order chi connectivity index (χ1) is 10.1. The van der Waals surface area contributed by atoms with Crippen molar-refractivity contribution in [3.05, 3.63) is 65.2 Å². The van der Waals surface area contributed by atoms with E-state index in [0.717, 1.165) is 11.1 Å². The molecule has 0 aliphatic carbocycles. The Labute approximate surface area is 124 Å². The van der Waals surface area contributed by atoms with Gasteiger partial charge in [-0.3, -0.25) is 4.79 Å². The van der Waals surface area contributed by atoms with Crippen molar-refractivity contribution < 1.29 is 15.0 Å². The number of aromatic hydroxyl groups is 1. The molecule has 1 amide bonds. The molecular weight excluding hydrogens is 266 g/mol. The van der Waals surface area contributed by atoms with Gasteiger partial charge in [0, 0.05) is 12.2 Å². The number of hydrogen-bond acceptors (Lipinski definition) is 3. The fraction of sp³-hybridized carbons (Fsp3) is 0.235. The van der Waals surface area contributed by atoms with Crippen LogP contribution in [0.25, 0.3) is 0 Å². The maximum atomic E-state index is 12.3. The van der Waals surface area contributed by atoms with Gasteiger partial charge in [-0.2, -0.15) is 0 Å². The van der Waals surface area contributed by atoms with Crippen molar-refractivity contribution in [3.8, 4) is 5.75 Å². The van der Waals surface area contributed by atoms with Crippen LogP contribution in [-0.4, -0.2) is 22.7 Å². The molecule has 0 aliphatic heterocycles. The zero-order valence-electron chi connectivity index (χ0n) is 11.9. The number of nitrogens with one attached hydrogen (secondary N) is 1. The van der Waals surface area contributed by atoms with E-state index >= 15 is 0 Å². The van der Waals surface area contributed by atoms with Gasteiger partial charge in [0.05, 0.1) is 6.04 Å². The molecule has 0 spiro atoms. The Kier molecular flexibility index (Phi) is 4.95. The molecule has 2 aromatic carbocycles. The van der Waals surface area contributed by atoms with Gasteiger partial charge in [0.1, 0.15) is 5.75 Å². The predicted octanol–water partition coefficient (Wildman–Crippen LogP) is 2.55. The van der Waals surface area contributed by atoms with Crippen LogP contribution in [0.3, 0.4) is 0 Å². The van der Waals surface area contributed by atoms with E-state index in [4.69, 9.17) is 0 Å². The van der Waals surface area contributed by atoms with Crippen molar-refractivity contribution >= 4 is 5.91 Å². The number of carbonyl (C=O) groups is 1. The number of hydrogen-bond donors (Lipinski definition) is 3. The molecule has 0 saturated heterocycles. The van der Waals surface area contributed by atoms with E-state index in [-0.39, 0.29) is 24.3 Å². The topological polar surface area (TPSA) is 69.6 Å². The van der Waals surface area contributed by atoms with E-state index in [2.05, 4.69) is 5.32 Å². The lowest BCUT2D eigenvalue weighted by atomic mass is 10.0. The number of rotatable bonds is 5. The highest BCUT2D eigenvalue weighted by molar-refractivity contribution is 5.95. The zero-order valence-corrected chi connectivity index (χ0v) is 11.9. The third kappa shape index (κ3) is 3.83. The molecule has 0 saturated carbocycles. The van der Waals surface area contributed by atoms with Crippen molar-refractivity contribution in [1.82, 2.24) is 5.32 Å². The Hall–Kier alpha value is -2.33. The van der Waals surface area contributed by atoms with Crippen LogP contribution in [0.15, 0.2) is 48.5 Å². The van der Waals surface area contributed by atoms with Crippen LogP contribution in [0.1, 0.15) is 33.9 Å². The maximum absolute atomic E-state index is 12.3. The summed E-state index contributed by atoms with van der Waals surface area (Å²) in [6.45, 7) is 1.76. The first-order valence-corrected chi connectivity index (χ1v) is 6.88. The number of aryl methyl sites for hydroxylation is 1. The summed E-state index contributed by atoms with van der Waals surface area (Å²) in [6, 6.07) is 14.1. The lowest BCUT2D eigenvalue weighted by Gasteiger charge is -2.18. The molecule has 2 aromatic rings. The third-order valence-corrected chi connectivity index (χ3v) is 3.40. The van der Waals surface area contributed by atoms with Crippen molar-refractivity contribution in [2.45, 2.75) is 19.4 Å². The minimum absolute atomic E-state index is 0.0149. The monoisotopic (exact) mass is 285 g/mol. The molecule has 110 valence electrons. The Bertz CT molecular complexity index is 611. The molecule has 0 bridgehead atoms. The van der Waals surface area contributed by atoms with Crippen LogP contribution in [0, 0.1) is 6.92 Å². The van der Waals surface area contributed by atoms with Gasteiger partial charge in [0.15, 0.2) is 0 Å². The predicted molar refractivity (Wildman–Crippen MR) is 81.2 cm³/mol. The molecule has 0 aliphatic rings. The van der Waals surface area contributed by atoms with Gasteiger partial charge in [-0.15, -0.1) is 0 Å². The van der Waals surface area contributed by atoms with Gasteiger partial charge in [-0.1, -0.05) is 36.4 Å². The van der Waals surface area contributed by atoms with E-state index in [1.165, 1.54) is 6.07 Å². The minimum Gasteiger partial charge on any atom is -0.508 e. The van der Waals surface area contributed by atoms with E-state index in [1.54, 1.807) is 19.1 Å². The molecule has 0 fully saturated rings. The van der Waals surface area contributed by atoms with Crippen LogP contribution in [0.4, 0.5) is 0 Å². The second-order valence-corrected chi connectivity index (χ2v) is 4.95. The molecule has 4 nitrogen and oxygen atoms in total. The summed E-state index contributed by atoms with van der Waals surface area (Å²) < 4.78 is 0. The number of phenolic OH excluding ortho intramolecular Hbond substituents is 1. The van der Waals surface area contributed by atoms with Crippen LogP contribution >= 0.6 is 0 Å². The van der Waals surface area contributed by atoms with Gasteiger partial charge in [0.2, 0.25) is 0 Å². The number of aliphatic hydroxyl groups excluding tert-OH is 1. The van der Waals surface area contributed by atoms with Gasteiger partial charge in [-0.25, -0.2) is 0 Å². The molecular formula is C17H19NO3. The summed E-state index contributed by atoms with van der Waals surface area (Å²) in [4.78, 5) is 12.3. The highest BCUT2D eigenvalue weighted by atomic mass is 16.3. The molecule has 4 heteroatoms. The van der Waals surface area contributed by atoms with Crippen molar-refractivity contribution in [2.75, 3.05) is 6.61 Å². The highest BCUT2D eigenvalue weighted by Crippen LogP contribution is 2.20. The summed E-state index contributed by atoms with van der Waals surface area (Å²) in [5, 5.41) is 21.7. The number of aliphatic hydroxyl groups is 1. The molecule has 0 heterocycles. The third-order valence-electron chi connectivity index (χ3n) is 3.40. The minimum atomic E-state index is -0.271. The first kappa shape index (κ1) is 15.1. The maximum Gasteiger partial charge on any atom is 0.251 e. The fourth-order valence-electron chi connectivity index (χ4n) is 2.13. The van der Waals surface area contributed by atoms with E-state index < -0.39 is 0 Å². The summed E-state index contributed by atoms with van der Waals surface area (Å²) >= 11 is 0. The largest absolute Gasteiger partial charge is 0.508 e. The van der Waals surface area contributed by atoms with E-state index in [0.29, 0.717) is 12.0 Å². The summed E-state index contributed by atoms with van der Waals surface area (Å²) in [5.41, 5.74) is 2.06. The molecule has 1 unspecified atom stereocenters. The summed E-state index contributed by atoms with van der Waals surface area (Å²) in [6.07, 6.45) is 0.438. The average Bonchev–Trinajstić information content (AvgIpc) is 2.50. The number of benzene rings is 2. The molecule has 3 N–H and O–H groups in total. The van der Waals surface area contributed by atoms with Crippen LogP contribution in [0.5, 0.6) is 5.75 Å². The van der Waals surface area contributed by atoms with Crippen molar-refractivity contribution in [2.24, 2.45) is 0 Å². The molecule has 0 aromatic heterocycles. The summed E-state index contributed by atoms with van der Waals surface area (Å²) in [7, 11) is 0. The Morgan fingerprint density at radius 2 is 1.90 bits per heavy atom. The van der Waals surface area contributed by atoms with Crippen molar-refractivity contribution in [3.63, 3.8) is 0 Å². The van der Waals surface area contributed by atoms with Crippen LogP contribution in [-0.2, 0) is 0 Å². The van der Waals surface area contributed by atoms with Gasteiger partial charge in [-0.05, 0) is 36.6 Å². The molecule has 1 atom stereocenters. The highest BCUT2D eigenvalue weighted by Gasteiger charge is 2.15. The van der Waals surface area contributed by atoms with E-state index in [9.17, 15) is 15.0 Å². The lowest BCUT2D eigenvalue weighted by Crippen LogP contribution is -2.29. The summed E-state index contributed by atoms with van der Waals surface area (Å²) in [5.74, 6) is -0.173. The Morgan fingerprint density at radius 3 is 2.52 bits per heavy atom. The standard InChI is InChI=1S/C17H19NO3/c1-12-7-8-14(11-16(12)20)17(21)18-15(9-10-19)13-5-3-2-4-6-13/h2-8,11,15,19-20H,9-10H2,1H3,(H,18,21). The number of phenols is 1.